The monoisotopic (exact) mass is 440 g/mol. The van der Waals surface area contributed by atoms with Crippen LogP contribution in [0.1, 0.15) is 28.2 Å². The number of carboxylic acid groups (broad SMARTS) is 1. The first-order valence-electron chi connectivity index (χ1n) is 10.9. The molecule has 1 heterocycles. The van der Waals surface area contributed by atoms with Crippen LogP contribution in [0.4, 0.5) is 4.79 Å². The summed E-state index contributed by atoms with van der Waals surface area (Å²) in [5.41, 5.74) is 7.32. The molecule has 0 radical (unpaired) electrons. The molecule has 0 unspecified atom stereocenters. The van der Waals surface area contributed by atoms with Crippen LogP contribution in [0, 0.1) is 6.92 Å². The lowest BCUT2D eigenvalue weighted by atomic mass is 9.98. The quantitative estimate of drug-likeness (QED) is 0.393. The molecule has 0 fully saturated rings. The summed E-state index contributed by atoms with van der Waals surface area (Å²) < 4.78 is 5.53. The van der Waals surface area contributed by atoms with E-state index in [9.17, 15) is 14.7 Å². The third-order valence-electron chi connectivity index (χ3n) is 6.35. The summed E-state index contributed by atoms with van der Waals surface area (Å²) >= 11 is 0. The second-order valence-electron chi connectivity index (χ2n) is 8.38. The molecule has 0 saturated heterocycles. The molecule has 0 saturated carbocycles. The van der Waals surface area contributed by atoms with E-state index < -0.39 is 18.1 Å². The number of rotatable bonds is 6. The van der Waals surface area contributed by atoms with Crippen molar-refractivity contribution in [2.24, 2.45) is 0 Å². The molecular weight excluding hydrogens is 416 g/mol. The van der Waals surface area contributed by atoms with Crippen LogP contribution in [0.2, 0.25) is 0 Å². The Balaban J connectivity index is 1.29. The number of carboxylic acids is 1. The molecule has 166 valence electrons. The molecule has 3 N–H and O–H groups in total. The molecule has 4 aromatic rings. The lowest BCUT2D eigenvalue weighted by Gasteiger charge is -2.17. The minimum absolute atomic E-state index is 0.0808. The summed E-state index contributed by atoms with van der Waals surface area (Å²) in [5.74, 6) is -1.19. The van der Waals surface area contributed by atoms with E-state index in [-0.39, 0.29) is 18.9 Å². The Morgan fingerprint density at radius 2 is 1.67 bits per heavy atom. The number of nitrogens with one attached hydrogen (secondary N) is 2. The maximum absolute atomic E-state index is 12.6. The Labute approximate surface area is 191 Å². The fraction of sp³-hybridized carbons (Fsp3) is 0.185. The van der Waals surface area contributed by atoms with Gasteiger partial charge in [-0.25, -0.2) is 9.59 Å². The fourth-order valence-corrected chi connectivity index (χ4v) is 4.81. The number of aryl methyl sites for hydroxylation is 1. The van der Waals surface area contributed by atoms with Gasteiger partial charge in [0.15, 0.2) is 0 Å². The number of aliphatic carboxylic acids is 1. The summed E-state index contributed by atoms with van der Waals surface area (Å²) in [4.78, 5) is 27.7. The number of amides is 1. The second kappa shape index (κ2) is 8.47. The number of hydrogen-bond donors (Lipinski definition) is 3. The number of ether oxygens (including phenoxy) is 1. The zero-order valence-electron chi connectivity index (χ0n) is 18.2. The van der Waals surface area contributed by atoms with E-state index in [1.165, 1.54) is 0 Å². The number of fused-ring (bicyclic) bond motifs is 4. The van der Waals surface area contributed by atoms with Gasteiger partial charge < -0.3 is 20.1 Å². The first kappa shape index (κ1) is 20.8. The van der Waals surface area contributed by atoms with Gasteiger partial charge in [-0.15, -0.1) is 0 Å². The van der Waals surface area contributed by atoms with E-state index >= 15 is 0 Å². The number of benzene rings is 3. The normalized spacial score (nSPS) is 13.4. The van der Waals surface area contributed by atoms with Crippen molar-refractivity contribution < 1.29 is 19.4 Å². The summed E-state index contributed by atoms with van der Waals surface area (Å²) in [6, 6.07) is 20.9. The molecule has 1 atom stereocenters. The number of carbonyl (C=O) groups excluding carboxylic acids is 1. The number of carbonyl (C=O) groups is 2. The molecule has 0 bridgehead atoms. The van der Waals surface area contributed by atoms with Crippen molar-refractivity contribution in [3.63, 3.8) is 0 Å². The lowest BCUT2D eigenvalue weighted by Crippen LogP contribution is -2.42. The maximum Gasteiger partial charge on any atom is 0.407 e. The highest BCUT2D eigenvalue weighted by atomic mass is 16.5. The average Bonchev–Trinajstić information content (AvgIpc) is 3.37. The van der Waals surface area contributed by atoms with Gasteiger partial charge in [0.25, 0.3) is 0 Å². The van der Waals surface area contributed by atoms with Gasteiger partial charge in [-0.1, -0.05) is 60.7 Å². The number of hydrogen-bond acceptors (Lipinski definition) is 3. The molecule has 0 aliphatic heterocycles. The highest BCUT2D eigenvalue weighted by Gasteiger charge is 2.30. The van der Waals surface area contributed by atoms with Crippen LogP contribution >= 0.6 is 0 Å². The maximum atomic E-state index is 12.6. The molecule has 1 aliphatic rings. The standard InChI is InChI=1S/C27H24N2O4/c1-16-7-6-12-23-25(16)17(14-28-23)13-24(26(30)31)29-27(32)33-15-22-20-10-4-2-8-18(20)19-9-3-5-11-21(19)22/h2-12,14,22,24,28H,13,15H2,1H3,(H,29,32)(H,30,31)/t24-/m1/s1. The van der Waals surface area contributed by atoms with Crippen LogP contribution < -0.4 is 5.32 Å². The highest BCUT2D eigenvalue weighted by molar-refractivity contribution is 5.88. The van der Waals surface area contributed by atoms with Crippen molar-refractivity contribution in [3.05, 3.63) is 95.2 Å². The topological polar surface area (TPSA) is 91.4 Å². The third-order valence-corrected chi connectivity index (χ3v) is 6.35. The number of alkyl carbamates (subject to hydrolysis) is 1. The lowest BCUT2D eigenvalue weighted by molar-refractivity contribution is -0.139. The van der Waals surface area contributed by atoms with E-state index in [4.69, 9.17) is 4.74 Å². The predicted octanol–water partition coefficient (Wildman–Crippen LogP) is 5.01. The second-order valence-corrected chi connectivity index (χ2v) is 8.38. The van der Waals surface area contributed by atoms with Gasteiger partial charge in [0, 0.05) is 29.4 Å². The van der Waals surface area contributed by atoms with E-state index in [1.807, 2.05) is 61.5 Å². The SMILES string of the molecule is Cc1cccc2[nH]cc(C[C@@H](NC(=O)OCC3c4ccccc4-c4ccccc43)C(=O)O)c12. The minimum Gasteiger partial charge on any atom is -0.480 e. The van der Waals surface area contributed by atoms with Gasteiger partial charge in [-0.3, -0.25) is 0 Å². The molecule has 33 heavy (non-hydrogen) atoms. The summed E-state index contributed by atoms with van der Waals surface area (Å²) in [6.45, 7) is 2.12. The first-order chi connectivity index (χ1) is 16.0. The Morgan fingerprint density at radius 3 is 2.33 bits per heavy atom. The summed E-state index contributed by atoms with van der Waals surface area (Å²) in [7, 11) is 0. The van der Waals surface area contributed by atoms with E-state index in [1.54, 1.807) is 6.20 Å². The third kappa shape index (κ3) is 3.84. The van der Waals surface area contributed by atoms with Crippen molar-refractivity contribution >= 4 is 23.0 Å². The van der Waals surface area contributed by atoms with Gasteiger partial charge >= 0.3 is 12.1 Å². The first-order valence-corrected chi connectivity index (χ1v) is 10.9. The fourth-order valence-electron chi connectivity index (χ4n) is 4.81. The van der Waals surface area contributed by atoms with Crippen molar-refractivity contribution in [3.8, 4) is 11.1 Å². The number of aromatic amines is 1. The molecule has 6 heteroatoms. The van der Waals surface area contributed by atoms with Crippen LogP contribution in [0.25, 0.3) is 22.0 Å². The molecule has 0 spiro atoms. The van der Waals surface area contributed by atoms with E-state index in [0.29, 0.717) is 0 Å². The van der Waals surface area contributed by atoms with Crippen LogP contribution in [-0.4, -0.2) is 34.8 Å². The largest absolute Gasteiger partial charge is 0.480 e. The molecule has 6 nitrogen and oxygen atoms in total. The molecule has 5 rings (SSSR count). The van der Waals surface area contributed by atoms with Crippen LogP contribution in [-0.2, 0) is 16.0 Å². The number of H-pyrrole nitrogens is 1. The zero-order chi connectivity index (χ0) is 22.9. The van der Waals surface area contributed by atoms with Crippen molar-refractivity contribution in [1.82, 2.24) is 10.3 Å². The van der Waals surface area contributed by atoms with Gasteiger partial charge in [0.1, 0.15) is 12.6 Å². The van der Waals surface area contributed by atoms with Crippen LogP contribution in [0.3, 0.4) is 0 Å². The summed E-state index contributed by atoms with van der Waals surface area (Å²) in [5, 5.41) is 13.2. The molecule has 1 aromatic heterocycles. The Kier molecular flexibility index (Phi) is 5.34. The molecule has 3 aromatic carbocycles. The number of aromatic nitrogens is 1. The van der Waals surface area contributed by atoms with Gasteiger partial charge in [0.2, 0.25) is 0 Å². The van der Waals surface area contributed by atoms with Crippen LogP contribution in [0.15, 0.2) is 72.9 Å². The van der Waals surface area contributed by atoms with Crippen molar-refractivity contribution in [1.29, 1.82) is 0 Å². The highest BCUT2D eigenvalue weighted by Crippen LogP contribution is 2.44. The Morgan fingerprint density at radius 1 is 1.00 bits per heavy atom. The van der Waals surface area contributed by atoms with Crippen molar-refractivity contribution in [2.45, 2.75) is 25.3 Å². The van der Waals surface area contributed by atoms with E-state index in [0.717, 1.165) is 44.3 Å². The van der Waals surface area contributed by atoms with Gasteiger partial charge in [-0.2, -0.15) is 0 Å². The Bertz CT molecular complexity index is 1310. The molecular formula is C27H24N2O4. The summed E-state index contributed by atoms with van der Waals surface area (Å²) in [6.07, 6.45) is 1.22. The molecule has 1 amide bonds. The Hall–Kier alpha value is -4.06. The molecule has 1 aliphatic carbocycles. The van der Waals surface area contributed by atoms with Crippen molar-refractivity contribution in [2.75, 3.05) is 6.61 Å². The van der Waals surface area contributed by atoms with Gasteiger partial charge in [-0.05, 0) is 46.4 Å². The zero-order valence-corrected chi connectivity index (χ0v) is 18.2. The smallest absolute Gasteiger partial charge is 0.407 e. The van der Waals surface area contributed by atoms with E-state index in [2.05, 4.69) is 22.4 Å². The van der Waals surface area contributed by atoms with Crippen LogP contribution in [0.5, 0.6) is 0 Å². The average molecular weight is 440 g/mol. The minimum atomic E-state index is -1.11. The van der Waals surface area contributed by atoms with Gasteiger partial charge in [0.05, 0.1) is 0 Å². The predicted molar refractivity (Wildman–Crippen MR) is 126 cm³/mol.